The van der Waals surface area contributed by atoms with Gasteiger partial charge in [-0.15, -0.1) is 0 Å². The molecule has 2 aromatic heterocycles. The maximum absolute atomic E-state index is 11.2. The third kappa shape index (κ3) is 3.97. The Labute approximate surface area is 274 Å². The molecule has 0 saturated heterocycles. The summed E-state index contributed by atoms with van der Waals surface area (Å²) in [6, 6.07) is 51.9. The average Bonchev–Trinajstić information content (AvgIpc) is 3.77. The molecule has 0 radical (unpaired) electrons. The molecule has 226 valence electrons. The molecule has 6 aromatic carbocycles. The van der Waals surface area contributed by atoms with E-state index in [4.69, 9.17) is 0 Å². The lowest BCUT2D eigenvalue weighted by atomic mass is 9.67. The zero-order valence-electron chi connectivity index (χ0n) is 26.4. The Morgan fingerprint density at radius 2 is 1.00 bits per heavy atom. The maximum Gasteiger partial charge on any atom is 0.104 e. The predicted molar refractivity (Wildman–Crippen MR) is 192 cm³/mol. The van der Waals surface area contributed by atoms with Crippen LogP contribution in [0.5, 0.6) is 0 Å². The van der Waals surface area contributed by atoms with Crippen LogP contribution in [0, 0.1) is 6.92 Å². The fourth-order valence-electron chi connectivity index (χ4n) is 8.05. The van der Waals surface area contributed by atoms with Gasteiger partial charge in [0.25, 0.3) is 0 Å². The Bertz CT molecular complexity index is 2400. The number of aliphatic hydroxyl groups is 1. The van der Waals surface area contributed by atoms with E-state index in [2.05, 4.69) is 157 Å². The van der Waals surface area contributed by atoms with Gasteiger partial charge in [0.05, 0.1) is 10.9 Å². The summed E-state index contributed by atoms with van der Waals surface area (Å²) in [5, 5.41) is 13.7. The fraction of sp³-hybridized carbons (Fsp3) is 0.0909. The standard InChI is InChI=1S/C44H34N2O/c1-29-19-21-30(22-20-29)43(47)31-23-25-32(26-24-31)46-28-40(36-14-6-10-18-42(36)46)44(39-27-45(2)41-17-9-5-13-35(39)41)37-15-7-3-11-33(37)34-12-4-8-16-38(34)44/h3-28,43,47H,1-2H3. The SMILES string of the molecule is Cc1ccc(C(O)c2ccc(-n3cc(C4(c5cn(C)c6ccccc56)c5ccccc5-c5ccccc54)c4ccccc43)cc2)cc1. The van der Waals surface area contributed by atoms with Crippen LogP contribution >= 0.6 is 0 Å². The Morgan fingerprint density at radius 1 is 0.511 bits per heavy atom. The summed E-state index contributed by atoms with van der Waals surface area (Å²) in [5.74, 6) is 0. The van der Waals surface area contributed by atoms with Crippen LogP contribution < -0.4 is 0 Å². The van der Waals surface area contributed by atoms with Gasteiger partial charge in [-0.2, -0.15) is 0 Å². The highest BCUT2D eigenvalue weighted by Gasteiger charge is 2.48. The van der Waals surface area contributed by atoms with Gasteiger partial charge in [-0.05, 0) is 75.7 Å². The molecule has 1 aliphatic carbocycles. The molecule has 47 heavy (non-hydrogen) atoms. The molecule has 8 aromatic rings. The van der Waals surface area contributed by atoms with Gasteiger partial charge in [-0.25, -0.2) is 0 Å². The molecule has 0 fully saturated rings. The molecule has 0 bridgehead atoms. The van der Waals surface area contributed by atoms with Gasteiger partial charge in [0, 0.05) is 41.4 Å². The fourth-order valence-corrected chi connectivity index (χ4v) is 8.05. The number of aryl methyl sites for hydroxylation is 2. The third-order valence-corrected chi connectivity index (χ3v) is 10.2. The molecule has 9 rings (SSSR count). The molecule has 1 atom stereocenters. The molecule has 2 heterocycles. The second-order valence-corrected chi connectivity index (χ2v) is 12.8. The van der Waals surface area contributed by atoms with Crippen LogP contribution in [0.3, 0.4) is 0 Å². The van der Waals surface area contributed by atoms with Crippen molar-refractivity contribution in [2.75, 3.05) is 0 Å². The van der Waals surface area contributed by atoms with Crippen LogP contribution in [-0.4, -0.2) is 14.2 Å². The van der Waals surface area contributed by atoms with E-state index in [-0.39, 0.29) is 0 Å². The van der Waals surface area contributed by atoms with Crippen molar-refractivity contribution in [3.05, 3.63) is 197 Å². The minimum absolute atomic E-state index is 0.541. The van der Waals surface area contributed by atoms with Gasteiger partial charge >= 0.3 is 0 Å². The third-order valence-electron chi connectivity index (χ3n) is 10.2. The number of hydrogen-bond donors (Lipinski definition) is 1. The molecule has 1 unspecified atom stereocenters. The molecule has 3 nitrogen and oxygen atoms in total. The highest BCUT2D eigenvalue weighted by Crippen LogP contribution is 2.58. The van der Waals surface area contributed by atoms with Gasteiger partial charge in [0.15, 0.2) is 0 Å². The molecule has 0 saturated carbocycles. The highest BCUT2D eigenvalue weighted by molar-refractivity contribution is 5.98. The van der Waals surface area contributed by atoms with E-state index >= 15 is 0 Å². The van der Waals surface area contributed by atoms with E-state index < -0.39 is 11.5 Å². The Kier molecular flexibility index (Phi) is 6.15. The monoisotopic (exact) mass is 606 g/mol. The van der Waals surface area contributed by atoms with E-state index in [1.807, 2.05) is 24.3 Å². The first kappa shape index (κ1) is 27.7. The van der Waals surface area contributed by atoms with Gasteiger partial charge in [0.2, 0.25) is 0 Å². The van der Waals surface area contributed by atoms with Crippen molar-refractivity contribution < 1.29 is 5.11 Å². The summed E-state index contributed by atoms with van der Waals surface area (Å²) in [5.41, 5.74) is 13.5. The lowest BCUT2D eigenvalue weighted by Gasteiger charge is -2.32. The minimum atomic E-state index is -0.678. The quantitative estimate of drug-likeness (QED) is 0.208. The summed E-state index contributed by atoms with van der Waals surface area (Å²) < 4.78 is 4.59. The molecule has 0 spiro atoms. The lowest BCUT2D eigenvalue weighted by Crippen LogP contribution is -2.28. The van der Waals surface area contributed by atoms with Gasteiger partial charge in [0.1, 0.15) is 6.10 Å². The number of fused-ring (bicyclic) bond motifs is 5. The van der Waals surface area contributed by atoms with Crippen LogP contribution in [0.4, 0.5) is 0 Å². The van der Waals surface area contributed by atoms with Gasteiger partial charge < -0.3 is 14.2 Å². The number of benzene rings is 6. The molecular weight excluding hydrogens is 572 g/mol. The highest BCUT2D eigenvalue weighted by atomic mass is 16.3. The Balaban J connectivity index is 1.31. The van der Waals surface area contributed by atoms with Crippen molar-refractivity contribution in [1.29, 1.82) is 0 Å². The van der Waals surface area contributed by atoms with Crippen molar-refractivity contribution in [3.63, 3.8) is 0 Å². The topological polar surface area (TPSA) is 30.1 Å². The van der Waals surface area contributed by atoms with E-state index in [0.29, 0.717) is 0 Å². The van der Waals surface area contributed by atoms with Crippen molar-refractivity contribution in [3.8, 4) is 16.8 Å². The predicted octanol–water partition coefficient (Wildman–Crippen LogP) is 9.88. The number of rotatable bonds is 5. The minimum Gasteiger partial charge on any atom is -0.384 e. The second kappa shape index (κ2) is 10.4. The van der Waals surface area contributed by atoms with Gasteiger partial charge in [-0.3, -0.25) is 0 Å². The van der Waals surface area contributed by atoms with Crippen LogP contribution in [0.15, 0.2) is 158 Å². The number of hydrogen-bond acceptors (Lipinski definition) is 1. The Morgan fingerprint density at radius 3 is 1.64 bits per heavy atom. The molecular formula is C44H34N2O. The smallest absolute Gasteiger partial charge is 0.104 e. The van der Waals surface area contributed by atoms with Crippen LogP contribution in [0.25, 0.3) is 38.6 Å². The lowest BCUT2D eigenvalue weighted by molar-refractivity contribution is 0.220. The zero-order valence-corrected chi connectivity index (χ0v) is 26.4. The summed E-state index contributed by atoms with van der Waals surface area (Å²) >= 11 is 0. The Hall–Kier alpha value is -5.64. The number of nitrogens with zero attached hydrogens (tertiary/aromatic N) is 2. The average molecular weight is 607 g/mol. The summed E-state index contributed by atoms with van der Waals surface area (Å²) in [6.45, 7) is 2.06. The number of aliphatic hydroxyl groups excluding tert-OH is 1. The van der Waals surface area contributed by atoms with Crippen LogP contribution in [0.1, 0.15) is 45.0 Å². The van der Waals surface area contributed by atoms with E-state index in [0.717, 1.165) is 22.3 Å². The number of aromatic nitrogens is 2. The summed E-state index contributed by atoms with van der Waals surface area (Å²) in [4.78, 5) is 0. The van der Waals surface area contributed by atoms with Crippen LogP contribution in [-0.2, 0) is 12.5 Å². The molecule has 0 aliphatic heterocycles. The maximum atomic E-state index is 11.2. The largest absolute Gasteiger partial charge is 0.384 e. The molecule has 3 heteroatoms. The normalized spacial score (nSPS) is 13.9. The van der Waals surface area contributed by atoms with E-state index in [1.165, 1.54) is 55.2 Å². The second-order valence-electron chi connectivity index (χ2n) is 12.8. The van der Waals surface area contributed by atoms with Crippen molar-refractivity contribution in [1.82, 2.24) is 9.13 Å². The molecule has 1 N–H and O–H groups in total. The van der Waals surface area contributed by atoms with Crippen molar-refractivity contribution in [2.24, 2.45) is 7.05 Å². The first-order valence-corrected chi connectivity index (χ1v) is 16.2. The molecule has 1 aliphatic rings. The van der Waals surface area contributed by atoms with Crippen molar-refractivity contribution >= 4 is 21.8 Å². The number of para-hydroxylation sites is 2. The van der Waals surface area contributed by atoms with E-state index in [1.54, 1.807) is 0 Å². The first-order chi connectivity index (χ1) is 23.1. The van der Waals surface area contributed by atoms with Crippen molar-refractivity contribution in [2.45, 2.75) is 18.4 Å². The zero-order chi connectivity index (χ0) is 31.7. The summed E-state index contributed by atoms with van der Waals surface area (Å²) in [7, 11) is 2.15. The van der Waals surface area contributed by atoms with Gasteiger partial charge in [-0.1, -0.05) is 127 Å². The summed E-state index contributed by atoms with van der Waals surface area (Å²) in [6.07, 6.45) is 4.02. The van der Waals surface area contributed by atoms with E-state index in [9.17, 15) is 5.11 Å². The molecule has 0 amide bonds. The van der Waals surface area contributed by atoms with Crippen LogP contribution in [0.2, 0.25) is 0 Å². The first-order valence-electron chi connectivity index (χ1n) is 16.2.